The van der Waals surface area contributed by atoms with E-state index in [2.05, 4.69) is 46.3 Å². The lowest BCUT2D eigenvalue weighted by Crippen LogP contribution is -2.48. The first-order chi connectivity index (χ1) is 15.9. The quantitative estimate of drug-likeness (QED) is 0.674. The summed E-state index contributed by atoms with van der Waals surface area (Å²) in [5, 5.41) is 2.90. The van der Waals surface area contributed by atoms with Crippen LogP contribution < -0.4 is 5.32 Å². The molecule has 1 amide bonds. The number of carbonyl (C=O) groups excluding carboxylic acids is 1. The van der Waals surface area contributed by atoms with Crippen LogP contribution in [0.3, 0.4) is 0 Å². The van der Waals surface area contributed by atoms with Crippen molar-refractivity contribution in [3.05, 3.63) is 60.2 Å². The Labute approximate surface area is 197 Å². The predicted octanol–water partition coefficient (Wildman–Crippen LogP) is 2.86. The minimum absolute atomic E-state index is 0.0769. The summed E-state index contributed by atoms with van der Waals surface area (Å²) in [5.41, 5.74) is 1.93. The van der Waals surface area contributed by atoms with Gasteiger partial charge in [-0.05, 0) is 48.6 Å². The average molecular weight is 471 g/mol. The Morgan fingerprint density at radius 2 is 1.61 bits per heavy atom. The highest BCUT2D eigenvalue weighted by molar-refractivity contribution is 7.89. The number of amides is 1. The number of anilines is 1. The van der Waals surface area contributed by atoms with E-state index in [1.54, 1.807) is 28.6 Å². The van der Waals surface area contributed by atoms with E-state index in [0.717, 1.165) is 45.6 Å². The zero-order chi connectivity index (χ0) is 23.3. The van der Waals surface area contributed by atoms with Gasteiger partial charge in [-0.2, -0.15) is 4.31 Å². The topological polar surface area (TPSA) is 73.0 Å². The van der Waals surface area contributed by atoms with Crippen LogP contribution in [0.2, 0.25) is 0 Å². The maximum absolute atomic E-state index is 12.9. The van der Waals surface area contributed by atoms with E-state index in [1.165, 1.54) is 5.56 Å². The molecule has 0 radical (unpaired) electrons. The molecule has 8 heteroatoms. The number of sulfonamides is 1. The number of carbonyl (C=O) groups is 1. The zero-order valence-electron chi connectivity index (χ0n) is 19.3. The molecule has 2 aromatic carbocycles. The van der Waals surface area contributed by atoms with Gasteiger partial charge in [-0.3, -0.25) is 14.6 Å². The second-order valence-corrected chi connectivity index (χ2v) is 11.2. The maximum Gasteiger partial charge on any atom is 0.243 e. The van der Waals surface area contributed by atoms with E-state index >= 15 is 0 Å². The summed E-state index contributed by atoms with van der Waals surface area (Å²) in [6, 6.07) is 17.0. The Hall–Kier alpha value is -2.26. The van der Waals surface area contributed by atoms with Gasteiger partial charge in [0.15, 0.2) is 0 Å². The van der Waals surface area contributed by atoms with E-state index in [1.807, 2.05) is 6.07 Å². The van der Waals surface area contributed by atoms with E-state index in [4.69, 9.17) is 0 Å². The molecule has 33 heavy (non-hydrogen) atoms. The van der Waals surface area contributed by atoms with E-state index in [0.29, 0.717) is 31.2 Å². The normalized spacial score (nSPS) is 21.1. The van der Waals surface area contributed by atoms with Gasteiger partial charge in [0.05, 0.1) is 11.4 Å². The third kappa shape index (κ3) is 6.41. The highest BCUT2D eigenvalue weighted by Gasteiger charge is 2.28. The molecule has 0 spiro atoms. The molecule has 1 N–H and O–H groups in total. The monoisotopic (exact) mass is 470 g/mol. The molecule has 1 atom stereocenters. The van der Waals surface area contributed by atoms with Crippen molar-refractivity contribution in [3.8, 4) is 0 Å². The number of hydrogen-bond donors (Lipinski definition) is 1. The predicted molar refractivity (Wildman–Crippen MR) is 130 cm³/mol. The van der Waals surface area contributed by atoms with Crippen LogP contribution in [0.4, 0.5) is 5.69 Å². The van der Waals surface area contributed by atoms with Gasteiger partial charge >= 0.3 is 0 Å². The number of nitrogens with one attached hydrogen (secondary N) is 1. The molecule has 0 aliphatic carbocycles. The van der Waals surface area contributed by atoms with Gasteiger partial charge in [0.1, 0.15) is 0 Å². The zero-order valence-corrected chi connectivity index (χ0v) is 20.1. The highest BCUT2D eigenvalue weighted by atomic mass is 32.2. The first-order valence-electron chi connectivity index (χ1n) is 11.8. The largest absolute Gasteiger partial charge is 0.325 e. The maximum atomic E-state index is 12.9. The highest BCUT2D eigenvalue weighted by Crippen LogP contribution is 2.24. The molecule has 0 bridgehead atoms. The lowest BCUT2D eigenvalue weighted by atomic mass is 10.0. The Bertz CT molecular complexity index is 1020. The third-order valence-corrected chi connectivity index (χ3v) is 8.36. The van der Waals surface area contributed by atoms with Crippen LogP contribution in [0.1, 0.15) is 25.3 Å². The van der Waals surface area contributed by atoms with Crippen molar-refractivity contribution in [3.63, 3.8) is 0 Å². The van der Waals surface area contributed by atoms with Crippen LogP contribution in [-0.2, 0) is 21.4 Å². The van der Waals surface area contributed by atoms with Crippen molar-refractivity contribution < 1.29 is 13.2 Å². The Balaban J connectivity index is 1.24. The number of hydrogen-bond acceptors (Lipinski definition) is 5. The van der Waals surface area contributed by atoms with Gasteiger partial charge in [0.2, 0.25) is 15.9 Å². The first-order valence-corrected chi connectivity index (χ1v) is 13.2. The van der Waals surface area contributed by atoms with Crippen LogP contribution in [-0.4, -0.2) is 74.2 Å². The molecular weight excluding hydrogens is 436 g/mol. The molecule has 1 unspecified atom stereocenters. The number of benzene rings is 2. The van der Waals surface area contributed by atoms with Gasteiger partial charge in [0, 0.05) is 51.5 Å². The molecule has 2 aliphatic rings. The molecule has 7 nitrogen and oxygen atoms in total. The minimum atomic E-state index is -3.48. The summed E-state index contributed by atoms with van der Waals surface area (Å²) in [4.78, 5) is 17.4. The van der Waals surface area contributed by atoms with Crippen LogP contribution >= 0.6 is 0 Å². The Morgan fingerprint density at radius 1 is 0.939 bits per heavy atom. The summed E-state index contributed by atoms with van der Waals surface area (Å²) in [7, 11) is -3.48. The van der Waals surface area contributed by atoms with E-state index in [9.17, 15) is 13.2 Å². The number of piperidine rings is 1. The van der Waals surface area contributed by atoms with Gasteiger partial charge in [0.25, 0.3) is 0 Å². The van der Waals surface area contributed by atoms with Crippen molar-refractivity contribution in [2.75, 3.05) is 51.1 Å². The summed E-state index contributed by atoms with van der Waals surface area (Å²) >= 11 is 0. The molecule has 2 fully saturated rings. The second-order valence-electron chi connectivity index (χ2n) is 9.22. The average Bonchev–Trinajstić information content (AvgIpc) is 2.81. The van der Waals surface area contributed by atoms with Crippen molar-refractivity contribution >= 4 is 21.6 Å². The van der Waals surface area contributed by atoms with Crippen LogP contribution in [0.15, 0.2) is 59.5 Å². The smallest absolute Gasteiger partial charge is 0.243 e. The first kappa shape index (κ1) is 23.9. The molecule has 2 heterocycles. The van der Waals surface area contributed by atoms with Crippen molar-refractivity contribution in [2.24, 2.45) is 5.92 Å². The SMILES string of the molecule is CC1CCCN(S(=O)(=O)c2ccc(NC(=O)CN3CCN(Cc4ccccc4)CC3)cc2)C1. The Morgan fingerprint density at radius 3 is 2.27 bits per heavy atom. The third-order valence-electron chi connectivity index (χ3n) is 6.48. The van der Waals surface area contributed by atoms with Gasteiger partial charge < -0.3 is 5.32 Å². The number of rotatable bonds is 7. The summed E-state index contributed by atoms with van der Waals surface area (Å²) < 4.78 is 27.4. The van der Waals surface area contributed by atoms with E-state index < -0.39 is 10.0 Å². The molecule has 4 rings (SSSR count). The van der Waals surface area contributed by atoms with E-state index in [-0.39, 0.29) is 10.8 Å². The number of piperazine rings is 1. The molecule has 178 valence electrons. The van der Waals surface area contributed by atoms with Crippen LogP contribution in [0.25, 0.3) is 0 Å². The fourth-order valence-corrected chi connectivity index (χ4v) is 6.17. The van der Waals surface area contributed by atoms with Crippen LogP contribution in [0, 0.1) is 5.92 Å². The molecule has 0 saturated carbocycles. The van der Waals surface area contributed by atoms with Crippen molar-refractivity contribution in [2.45, 2.75) is 31.2 Å². The fourth-order valence-electron chi connectivity index (χ4n) is 4.57. The summed E-state index contributed by atoms with van der Waals surface area (Å²) in [6.07, 6.45) is 1.97. The van der Waals surface area contributed by atoms with Gasteiger partial charge in [-0.1, -0.05) is 37.3 Å². The lowest BCUT2D eigenvalue weighted by Gasteiger charge is -2.34. The molecule has 2 aromatic rings. The minimum Gasteiger partial charge on any atom is -0.325 e. The fraction of sp³-hybridized carbons (Fsp3) is 0.480. The van der Waals surface area contributed by atoms with Gasteiger partial charge in [-0.25, -0.2) is 8.42 Å². The molecule has 0 aromatic heterocycles. The van der Waals surface area contributed by atoms with Gasteiger partial charge in [-0.15, -0.1) is 0 Å². The molecular formula is C25H34N4O3S. The van der Waals surface area contributed by atoms with Crippen molar-refractivity contribution in [1.29, 1.82) is 0 Å². The summed E-state index contributed by atoms with van der Waals surface area (Å²) in [5.74, 6) is 0.305. The standard InChI is InChI=1S/C25H34N4O3S/c1-21-6-5-13-29(18-21)33(31,32)24-11-9-23(10-12-24)26-25(30)20-28-16-14-27(15-17-28)19-22-7-3-2-4-8-22/h2-4,7-12,21H,5-6,13-20H2,1H3,(H,26,30). The second kappa shape index (κ2) is 10.8. The Kier molecular flexibility index (Phi) is 7.80. The molecule has 2 saturated heterocycles. The van der Waals surface area contributed by atoms with Crippen molar-refractivity contribution in [1.82, 2.24) is 14.1 Å². The number of nitrogens with zero attached hydrogens (tertiary/aromatic N) is 3. The summed E-state index contributed by atoms with van der Waals surface area (Å²) in [6.45, 7) is 8.08. The van der Waals surface area contributed by atoms with Crippen LogP contribution in [0.5, 0.6) is 0 Å². The lowest BCUT2D eigenvalue weighted by molar-refractivity contribution is -0.117. The molecule has 2 aliphatic heterocycles.